The van der Waals surface area contributed by atoms with E-state index in [1.165, 1.54) is 32.6 Å². The summed E-state index contributed by atoms with van der Waals surface area (Å²) in [4.78, 5) is 44.6. The molecule has 1 amide bonds. The van der Waals surface area contributed by atoms with Crippen LogP contribution in [0.5, 0.6) is 28.7 Å². The van der Waals surface area contributed by atoms with Crippen LogP contribution in [0.1, 0.15) is 134 Å². The average Bonchev–Trinajstić information content (AvgIpc) is 1.64. The average molecular weight is 1400 g/mol. The van der Waals surface area contributed by atoms with Gasteiger partial charge in [-0.3, -0.25) is 4.79 Å². The van der Waals surface area contributed by atoms with Crippen molar-refractivity contribution in [2.45, 2.75) is 107 Å². The molecular formula is C64H65Cl7N16O6. The van der Waals surface area contributed by atoms with E-state index in [1.54, 1.807) is 39.2 Å². The summed E-state index contributed by atoms with van der Waals surface area (Å²) in [6, 6.07) is 22.6. The second-order valence-corrected chi connectivity index (χ2v) is 27.6. The highest BCUT2D eigenvalue weighted by Crippen LogP contribution is 2.44. The fraction of sp³-hybridized carbons (Fsp3) is 0.328. The van der Waals surface area contributed by atoms with Gasteiger partial charge in [-0.05, 0) is 92.6 Å². The van der Waals surface area contributed by atoms with Crippen LogP contribution in [0.25, 0.3) is 0 Å². The number of rotatable bonds is 13. The summed E-state index contributed by atoms with van der Waals surface area (Å²) in [5.74, 6) is 4.16. The lowest BCUT2D eigenvalue weighted by molar-refractivity contribution is -0.121. The number of carbonyl (C=O) groups excluding carboxylic acids is 1. The lowest BCUT2D eigenvalue weighted by Gasteiger charge is -2.18. The molecule has 0 aliphatic carbocycles. The zero-order valence-electron chi connectivity index (χ0n) is 52.8. The maximum atomic E-state index is 12.4. The molecule has 0 saturated heterocycles. The van der Waals surface area contributed by atoms with Crippen molar-refractivity contribution in [1.29, 1.82) is 0 Å². The number of phenols is 3. The third-order valence-corrected chi connectivity index (χ3v) is 16.2. The SMILES string of the molecule is COc1ccc(OCCCC(=O)NCC(C)c2nc3n(n2)N=C(C(C)(C)C)C3=Nc2cc(Cl)c(O)c(Cl)c2)cc1.Cc1cc(N=C2C(c3cccc(Cl)c3)=Nn3nc(C(C)(C)C)nc32)cc(Cl)c1O.Cc1nc2n(n1)N=C(C(C)(C)C)C2=Nc1cc(Cl)c(O)c(Cl)c1Cl. The second kappa shape index (κ2) is 27.9. The molecule has 0 saturated carbocycles. The van der Waals surface area contributed by atoms with Crippen LogP contribution >= 0.6 is 81.2 Å². The van der Waals surface area contributed by atoms with Gasteiger partial charge >= 0.3 is 0 Å². The van der Waals surface area contributed by atoms with E-state index in [0.29, 0.717) is 123 Å². The molecule has 486 valence electrons. The minimum atomic E-state index is -0.345. The van der Waals surface area contributed by atoms with Gasteiger partial charge in [0.2, 0.25) is 23.4 Å². The van der Waals surface area contributed by atoms with Crippen LogP contribution in [0.15, 0.2) is 109 Å². The van der Waals surface area contributed by atoms with Gasteiger partial charge in [0.15, 0.2) is 29.0 Å². The van der Waals surface area contributed by atoms with Crippen LogP contribution in [-0.4, -0.2) is 120 Å². The maximum absolute atomic E-state index is 12.4. The predicted molar refractivity (Wildman–Crippen MR) is 368 cm³/mol. The van der Waals surface area contributed by atoms with Crippen molar-refractivity contribution in [1.82, 2.24) is 49.9 Å². The molecule has 5 aromatic carbocycles. The topological polar surface area (TPSA) is 275 Å². The molecule has 11 rings (SSSR count). The first-order valence-corrected chi connectivity index (χ1v) is 31.6. The molecule has 4 N–H and O–H groups in total. The molecule has 0 bridgehead atoms. The molecule has 8 aromatic rings. The van der Waals surface area contributed by atoms with Gasteiger partial charge in [-0.25, -0.2) is 29.9 Å². The summed E-state index contributed by atoms with van der Waals surface area (Å²) in [7, 11) is 1.61. The van der Waals surface area contributed by atoms with Gasteiger partial charge in [0.1, 0.15) is 45.1 Å². The molecule has 3 aliphatic heterocycles. The molecule has 0 radical (unpaired) electrons. The van der Waals surface area contributed by atoms with E-state index >= 15 is 0 Å². The van der Waals surface area contributed by atoms with Crippen molar-refractivity contribution in [2.75, 3.05) is 20.3 Å². The van der Waals surface area contributed by atoms with Crippen molar-refractivity contribution in [3.8, 4) is 28.7 Å². The Bertz CT molecular complexity index is 4370. The number of nitrogens with one attached hydrogen (secondary N) is 1. The number of halogens is 7. The number of benzene rings is 5. The highest BCUT2D eigenvalue weighted by molar-refractivity contribution is 6.55. The van der Waals surface area contributed by atoms with Crippen molar-refractivity contribution in [2.24, 2.45) is 41.1 Å². The van der Waals surface area contributed by atoms with E-state index in [2.05, 4.69) is 45.9 Å². The monoisotopic (exact) mass is 1400 g/mol. The van der Waals surface area contributed by atoms with Crippen molar-refractivity contribution in [3.05, 3.63) is 160 Å². The normalized spacial score (nSPS) is 15.0. The van der Waals surface area contributed by atoms with Gasteiger partial charge in [0.05, 0.1) is 67.3 Å². The number of methoxy groups -OCH3 is 1. The molecule has 0 spiro atoms. The van der Waals surface area contributed by atoms with Crippen LogP contribution < -0.4 is 14.8 Å². The molecule has 1 atom stereocenters. The van der Waals surface area contributed by atoms with E-state index in [9.17, 15) is 20.1 Å². The largest absolute Gasteiger partial charge is 0.506 e. The van der Waals surface area contributed by atoms with Gasteiger partial charge in [0, 0.05) is 45.7 Å². The second-order valence-electron chi connectivity index (χ2n) is 24.7. The molecular weight excluding hydrogens is 1340 g/mol. The van der Waals surface area contributed by atoms with Crippen LogP contribution in [-0.2, 0) is 10.2 Å². The van der Waals surface area contributed by atoms with Crippen molar-refractivity contribution in [3.63, 3.8) is 0 Å². The number of phenolic OH excluding ortho intramolecular Hbond substituents is 3. The van der Waals surface area contributed by atoms with Gasteiger partial charge < -0.3 is 30.1 Å². The molecule has 6 heterocycles. The standard InChI is InChI=1S/C28H32Cl2N6O4.C21H19Cl2N5O.C15H14Cl3N5O/c1-16(15-31-22(37)7-6-12-40-19-10-8-18(39-5)9-11-19)26-33-27-23(25(28(2,3)4)34-36(27)35-26)32-17-13-20(29)24(38)21(30)14-17;1-11-8-14(10-15(23)18(11)29)24-17-16(12-6-5-7-13(22)9-12)26-28-19(17)25-20(27-28)21(2,3)4;1-6-19-14-11(13(15(2,3)4)22-23(14)21-6)20-8-5-7(16)12(24)10(18)9(8)17/h8-11,13-14,16,38H,6-7,12,15H2,1-5H3,(H,31,37);5-10,29H,1-4H3;5,24H,1-4H3. The first-order chi connectivity index (χ1) is 43.7. The predicted octanol–water partition coefficient (Wildman–Crippen LogP) is 15.7. The summed E-state index contributed by atoms with van der Waals surface area (Å²) in [6.45, 7) is 24.5. The van der Waals surface area contributed by atoms with Crippen molar-refractivity contribution < 1.29 is 29.6 Å². The number of hydrogen-bond acceptors (Lipinski definition) is 18. The minimum absolute atomic E-state index is 0.0453. The Labute approximate surface area is 571 Å². The first-order valence-electron chi connectivity index (χ1n) is 29.0. The highest BCUT2D eigenvalue weighted by Gasteiger charge is 2.37. The van der Waals surface area contributed by atoms with Gasteiger partial charge in [-0.1, -0.05) is 163 Å². The Balaban J connectivity index is 0.000000171. The molecule has 22 nitrogen and oxygen atoms in total. The van der Waals surface area contributed by atoms with E-state index in [1.807, 2.05) is 112 Å². The fourth-order valence-electron chi connectivity index (χ4n) is 9.08. The lowest BCUT2D eigenvalue weighted by Crippen LogP contribution is -2.29. The van der Waals surface area contributed by atoms with E-state index in [-0.39, 0.29) is 75.5 Å². The van der Waals surface area contributed by atoms with Gasteiger partial charge in [0.25, 0.3) is 0 Å². The molecule has 0 fully saturated rings. The number of fused-ring (bicyclic) bond motifs is 3. The molecule has 3 aromatic heterocycles. The minimum Gasteiger partial charge on any atom is -0.506 e. The molecule has 3 aliphatic rings. The zero-order chi connectivity index (χ0) is 67.8. The number of amides is 1. The smallest absolute Gasteiger partial charge is 0.220 e. The van der Waals surface area contributed by atoms with Gasteiger partial charge in [-0.15, -0.1) is 34.8 Å². The maximum Gasteiger partial charge on any atom is 0.220 e. The van der Waals surface area contributed by atoms with Crippen LogP contribution in [0, 0.1) is 24.7 Å². The van der Waals surface area contributed by atoms with Crippen LogP contribution in [0.2, 0.25) is 35.2 Å². The Morgan fingerprint density at radius 1 is 0.602 bits per heavy atom. The Morgan fingerprint density at radius 2 is 1.15 bits per heavy atom. The number of aliphatic imine (C=N–C) groups is 3. The molecule has 93 heavy (non-hydrogen) atoms. The Kier molecular flexibility index (Phi) is 20.8. The van der Waals surface area contributed by atoms with Crippen molar-refractivity contribution >= 4 is 138 Å². The first kappa shape index (κ1) is 69.4. The number of aryl methyl sites for hydroxylation is 2. The third-order valence-electron chi connectivity index (χ3n) is 14.0. The summed E-state index contributed by atoms with van der Waals surface area (Å²) >= 11 is 42.7. The van der Waals surface area contributed by atoms with E-state index < -0.39 is 0 Å². The highest BCUT2D eigenvalue weighted by atomic mass is 35.5. The lowest BCUT2D eigenvalue weighted by atomic mass is 9.87. The number of aromatic nitrogens is 9. The summed E-state index contributed by atoms with van der Waals surface area (Å²) < 4.78 is 10.8. The third kappa shape index (κ3) is 16.0. The Hall–Kier alpha value is -7.96. The Morgan fingerprint density at radius 3 is 1.75 bits per heavy atom. The van der Waals surface area contributed by atoms with E-state index in [4.69, 9.17) is 111 Å². The number of ether oxygens (including phenoxy) is 2. The molecule has 1 unspecified atom stereocenters. The number of carbonyl (C=O) groups is 1. The van der Waals surface area contributed by atoms with Crippen LogP contribution in [0.4, 0.5) is 17.1 Å². The summed E-state index contributed by atoms with van der Waals surface area (Å²) in [5, 5.41) is 60.8. The quantitative estimate of drug-likeness (QED) is 0.0620. The summed E-state index contributed by atoms with van der Waals surface area (Å²) in [6.07, 6.45) is 0.919. The fourth-order valence-corrected chi connectivity index (χ4v) is 10.6. The molecule has 29 heteroatoms. The van der Waals surface area contributed by atoms with E-state index in [0.717, 1.165) is 17.1 Å². The number of hydrogen-bond donors (Lipinski definition) is 4. The van der Waals surface area contributed by atoms with Gasteiger partial charge in [-0.2, -0.15) is 10.2 Å². The zero-order valence-corrected chi connectivity index (χ0v) is 58.1. The number of aromatic hydroxyl groups is 3. The number of nitrogens with zero attached hydrogens (tertiary/aromatic N) is 15. The van der Waals surface area contributed by atoms with Crippen LogP contribution in [0.3, 0.4) is 0 Å². The summed E-state index contributed by atoms with van der Waals surface area (Å²) in [5.41, 5.74) is 5.63.